The molecule has 4 aliphatic rings. The molecule has 1 fully saturated rings. The number of hydrogen-bond acceptors (Lipinski definition) is 7. The highest BCUT2D eigenvalue weighted by Gasteiger charge is 2.36. The number of rotatable bonds is 4. The Hall–Kier alpha value is -3.99. The lowest BCUT2D eigenvalue weighted by molar-refractivity contribution is -2.00. The number of likely N-dealkylation sites (N-methyl/N-ethyl adjacent to an activating group) is 2. The maximum absolute atomic E-state index is 14.2. The van der Waals surface area contributed by atoms with E-state index in [2.05, 4.69) is 113 Å². The minimum absolute atomic E-state index is 0.108. The predicted molar refractivity (Wildman–Crippen MR) is 190 cm³/mol. The zero-order valence-electron chi connectivity index (χ0n) is 30.9. The first-order valence-electron chi connectivity index (χ1n) is 17.8. The highest BCUT2D eigenvalue weighted by Crippen LogP contribution is 2.46. The van der Waals surface area contributed by atoms with Gasteiger partial charge in [-0.2, -0.15) is 0 Å². The molecule has 1 saturated heterocycles. The molecule has 0 aliphatic carbocycles. The summed E-state index contributed by atoms with van der Waals surface area (Å²) in [6.45, 7) is 21.4. The van der Waals surface area contributed by atoms with Gasteiger partial charge in [0.25, 0.3) is 5.91 Å². The van der Waals surface area contributed by atoms with Crippen molar-refractivity contribution >= 4 is 28.3 Å². The summed E-state index contributed by atoms with van der Waals surface area (Å²) in [7, 11) is -4.94. The Morgan fingerprint density at radius 3 is 2.12 bits per heavy atom. The molecule has 7 rings (SSSR count). The van der Waals surface area contributed by atoms with Crippen LogP contribution in [0, 0.1) is 10.2 Å². The lowest BCUT2D eigenvalue weighted by atomic mass is 9.83. The lowest BCUT2D eigenvalue weighted by Crippen LogP contribution is -2.68. The van der Waals surface area contributed by atoms with E-state index in [0.717, 1.165) is 78.0 Å². The molecule has 4 aliphatic heterocycles. The number of likely N-dealkylation sites (tertiary alicyclic amines) is 1. The van der Waals surface area contributed by atoms with E-state index >= 15 is 0 Å². The van der Waals surface area contributed by atoms with Crippen LogP contribution >= 0.6 is 0 Å². The summed E-state index contributed by atoms with van der Waals surface area (Å²) >= 11 is 0. The van der Waals surface area contributed by atoms with Gasteiger partial charge in [0.05, 0.1) is 11.6 Å². The van der Waals surface area contributed by atoms with Crippen LogP contribution in [0.2, 0.25) is 0 Å². The smallest absolute Gasteiger partial charge is 0.254 e. The highest BCUT2D eigenvalue weighted by molar-refractivity contribution is 6.02. The number of fused-ring (bicyclic) bond motifs is 4. The van der Waals surface area contributed by atoms with Crippen molar-refractivity contribution in [2.45, 2.75) is 85.7 Å². The summed E-state index contributed by atoms with van der Waals surface area (Å²) in [5.74, 6) is 1.81. The molecule has 270 valence electrons. The van der Waals surface area contributed by atoms with Crippen molar-refractivity contribution in [3.8, 4) is 11.5 Å². The number of halogens is 1. The van der Waals surface area contributed by atoms with Crippen molar-refractivity contribution in [1.82, 2.24) is 9.48 Å². The molecule has 51 heavy (non-hydrogen) atoms. The molecule has 3 aromatic rings. The summed E-state index contributed by atoms with van der Waals surface area (Å²) < 4.78 is 43.4. The average Bonchev–Trinajstić information content (AvgIpc) is 3.05. The molecule has 3 aromatic carbocycles. The van der Waals surface area contributed by atoms with Gasteiger partial charge in [-0.1, -0.05) is 24.3 Å². The fourth-order valence-corrected chi connectivity index (χ4v) is 8.63. The Labute approximate surface area is 302 Å². The van der Waals surface area contributed by atoms with Crippen LogP contribution in [-0.2, 0) is 0 Å². The summed E-state index contributed by atoms with van der Waals surface area (Å²) in [6, 6.07) is 17.4. The third-order valence-electron chi connectivity index (χ3n) is 10.6. The van der Waals surface area contributed by atoms with Gasteiger partial charge in [0, 0.05) is 78.3 Å². The number of amides is 1. The molecule has 0 radical (unpaired) electrons. The van der Waals surface area contributed by atoms with Crippen LogP contribution in [0.5, 0.6) is 11.5 Å². The van der Waals surface area contributed by atoms with Crippen LogP contribution in [0.3, 0.4) is 0 Å². The van der Waals surface area contributed by atoms with Gasteiger partial charge in [0.15, 0.2) is 5.54 Å². The molecule has 0 unspecified atom stereocenters. The second-order valence-electron chi connectivity index (χ2n) is 14.9. The number of anilines is 1. The molecular formula is C41H48ClN3O6. The summed E-state index contributed by atoms with van der Waals surface area (Å²) in [4.78, 5) is 18.7. The number of benzene rings is 3. The Morgan fingerprint density at radius 1 is 0.824 bits per heavy atom. The van der Waals surface area contributed by atoms with Crippen LogP contribution in [0.25, 0.3) is 16.7 Å². The summed E-state index contributed by atoms with van der Waals surface area (Å²) in [5.41, 5.74) is 9.80. The Morgan fingerprint density at radius 2 is 1.47 bits per heavy atom. The molecule has 0 aromatic heterocycles. The normalized spacial score (nSPS) is 18.6. The van der Waals surface area contributed by atoms with Crippen molar-refractivity contribution in [3.05, 3.63) is 99.1 Å². The monoisotopic (exact) mass is 713 g/mol. The van der Waals surface area contributed by atoms with E-state index in [1.807, 2.05) is 17.0 Å². The van der Waals surface area contributed by atoms with E-state index < -0.39 is 10.2 Å². The number of piperidine rings is 1. The number of carbonyl (C=O) groups excluding carboxylic acids is 1. The lowest BCUT2D eigenvalue weighted by Gasteiger charge is -2.43. The molecule has 0 spiro atoms. The molecule has 10 heteroatoms. The van der Waals surface area contributed by atoms with Crippen LogP contribution < -0.4 is 43.4 Å². The van der Waals surface area contributed by atoms with E-state index in [-0.39, 0.29) is 17.0 Å². The highest BCUT2D eigenvalue weighted by atomic mass is 35.7. The van der Waals surface area contributed by atoms with Crippen molar-refractivity contribution in [2.24, 2.45) is 0 Å². The number of allylic oxidation sites excluding steroid dienone is 2. The van der Waals surface area contributed by atoms with Gasteiger partial charge in [-0.05, 0) is 102 Å². The van der Waals surface area contributed by atoms with Gasteiger partial charge in [-0.15, -0.1) is 10.2 Å². The second kappa shape index (κ2) is 13.5. The number of hydrogen-bond donors (Lipinski definition) is 0. The number of nitrogens with zero attached hydrogens (tertiary/aromatic N) is 3. The van der Waals surface area contributed by atoms with Crippen molar-refractivity contribution in [2.75, 3.05) is 31.1 Å². The zero-order chi connectivity index (χ0) is 37.0. The molecule has 0 saturated carbocycles. The first-order chi connectivity index (χ1) is 23.9. The first kappa shape index (κ1) is 36.8. The fourth-order valence-electron chi connectivity index (χ4n) is 8.63. The minimum Gasteiger partial charge on any atom is -0.456 e. The molecule has 1 amide bonds. The standard InChI is InChI=1S/C41H48N3O2.ClHO4/c1-9-43-34-22-36-32(20-30(34)26(3)24-40(43,5)6)38(28-16-12-13-17-29(28)39(45)42-18-14-11-15-19-42)33-21-31-27(4)25-41(7,8)44(10-2)35(31)23-37(33)46-36;2-1(3,4)5/h12-13,16-17,20-25H,9-11,14-15,18-19H2,1-8H3;(H,2,3,4,5)/q+1;/p-1. The van der Waals surface area contributed by atoms with Gasteiger partial charge in [-0.25, -0.2) is 23.2 Å². The van der Waals surface area contributed by atoms with Crippen LogP contribution in [0.15, 0.2) is 60.7 Å². The molecule has 0 N–H and O–H groups in total. The Balaban J connectivity index is 0.000000839. The fraction of sp³-hybridized carbons (Fsp3) is 0.415. The molecule has 0 bridgehead atoms. The van der Waals surface area contributed by atoms with Crippen molar-refractivity contribution in [3.63, 3.8) is 0 Å². The van der Waals surface area contributed by atoms with Crippen LogP contribution in [-0.4, -0.2) is 48.1 Å². The van der Waals surface area contributed by atoms with E-state index in [4.69, 9.17) is 23.4 Å². The third kappa shape index (κ3) is 6.98. The minimum atomic E-state index is -4.94. The van der Waals surface area contributed by atoms with Crippen molar-refractivity contribution in [1.29, 1.82) is 0 Å². The maximum Gasteiger partial charge on any atom is 0.254 e. The average molecular weight is 714 g/mol. The van der Waals surface area contributed by atoms with Gasteiger partial charge in [0.2, 0.25) is 5.36 Å². The van der Waals surface area contributed by atoms with Gasteiger partial charge in [0.1, 0.15) is 18.0 Å². The molecule has 0 atom stereocenters. The Bertz CT molecular complexity index is 2080. The number of ether oxygens (including phenoxy) is 1. The van der Waals surface area contributed by atoms with Crippen LogP contribution in [0.4, 0.5) is 5.69 Å². The topological polar surface area (TPSA) is 128 Å². The molecule has 4 heterocycles. The van der Waals surface area contributed by atoms with Gasteiger partial charge < -0.3 is 14.5 Å². The predicted octanol–water partition coefficient (Wildman–Crippen LogP) is 2.64. The van der Waals surface area contributed by atoms with E-state index in [9.17, 15) is 4.79 Å². The second-order valence-corrected chi connectivity index (χ2v) is 15.7. The van der Waals surface area contributed by atoms with Crippen molar-refractivity contribution < 1.29 is 38.4 Å². The van der Waals surface area contributed by atoms with E-state index in [1.165, 1.54) is 39.7 Å². The quantitative estimate of drug-likeness (QED) is 0.298. The molecular weight excluding hydrogens is 666 g/mol. The first-order valence-corrected chi connectivity index (χ1v) is 19.1. The van der Waals surface area contributed by atoms with Gasteiger partial charge in [-0.3, -0.25) is 4.79 Å². The third-order valence-corrected chi connectivity index (χ3v) is 10.6. The largest absolute Gasteiger partial charge is 0.456 e. The summed E-state index contributed by atoms with van der Waals surface area (Å²) in [5, 5.41) is 2.23. The van der Waals surface area contributed by atoms with E-state index in [0.29, 0.717) is 0 Å². The SMILES string of the molecule is CCN1c2cc3c(cc2C(C)=CC1(C)C)C(c1ccccc1C(=O)N1CCCCC1)=c1cc2c(cc1O3)=[N+](CC)C(C)(C)C=C2C.[O-][Cl+3]([O-])([O-])[O-]. The van der Waals surface area contributed by atoms with E-state index in [1.54, 1.807) is 0 Å². The van der Waals surface area contributed by atoms with Gasteiger partial charge >= 0.3 is 0 Å². The van der Waals surface area contributed by atoms with Crippen LogP contribution in [0.1, 0.15) is 107 Å². The number of carbonyl (C=O) groups is 1. The molecule has 9 nitrogen and oxygen atoms in total. The zero-order valence-corrected chi connectivity index (χ0v) is 31.6. The maximum atomic E-state index is 14.2. The summed E-state index contributed by atoms with van der Waals surface area (Å²) in [6.07, 6.45) is 8.07. The Kier molecular flexibility index (Phi) is 9.76.